The summed E-state index contributed by atoms with van der Waals surface area (Å²) < 4.78 is 12.0. The Kier molecular flexibility index (Phi) is 8.83. The molecule has 10 heteroatoms. The number of ether oxygens (including phenoxy) is 1. The molecule has 1 atom stereocenters. The van der Waals surface area contributed by atoms with Crippen LogP contribution in [0.25, 0.3) is 16.7 Å². The Morgan fingerprint density at radius 1 is 1.27 bits per heavy atom. The number of aromatic nitrogens is 1. The van der Waals surface area contributed by atoms with Crippen LogP contribution < -0.4 is 20.9 Å². The number of likely N-dealkylation sites (N-methyl/N-ethyl adjacent to an activating group) is 1. The molecule has 1 aliphatic rings. The third kappa shape index (κ3) is 7.56. The monoisotopic (exact) mass is 525 g/mol. The summed E-state index contributed by atoms with van der Waals surface area (Å²) in [7, 11) is 4.02. The predicted molar refractivity (Wildman–Crippen MR) is 145 cm³/mol. The number of nitrogens with one attached hydrogen (secondary N) is 3. The number of hydrazine groups is 1. The first-order chi connectivity index (χ1) is 17.8. The van der Waals surface area contributed by atoms with Gasteiger partial charge in [-0.2, -0.15) is 0 Å². The first kappa shape index (κ1) is 26.7. The molecule has 1 saturated carbocycles. The molecule has 2 amide bonds. The average Bonchev–Trinajstić information content (AvgIpc) is 3.41. The van der Waals surface area contributed by atoms with Gasteiger partial charge < -0.3 is 19.4 Å². The molecule has 3 aromatic rings. The van der Waals surface area contributed by atoms with Crippen LogP contribution in [0, 0.1) is 12.8 Å². The lowest BCUT2D eigenvalue weighted by atomic mass is 10.1. The Labute approximate surface area is 221 Å². The van der Waals surface area contributed by atoms with Gasteiger partial charge >= 0.3 is 0 Å². The molecule has 2 heterocycles. The van der Waals surface area contributed by atoms with Crippen LogP contribution in [-0.4, -0.2) is 55.0 Å². The van der Waals surface area contributed by atoms with Crippen LogP contribution in [0.15, 0.2) is 40.1 Å². The maximum absolute atomic E-state index is 13.1. The number of fused-ring (bicyclic) bond motifs is 1. The van der Waals surface area contributed by atoms with E-state index in [1.165, 1.54) is 11.3 Å². The fourth-order valence-corrected chi connectivity index (χ4v) is 4.46. The number of hydrogen-bond donors (Lipinski definition) is 3. The minimum atomic E-state index is -0.527. The third-order valence-corrected chi connectivity index (χ3v) is 6.81. The van der Waals surface area contributed by atoms with E-state index >= 15 is 0 Å². The van der Waals surface area contributed by atoms with Crippen LogP contribution >= 0.6 is 11.3 Å². The van der Waals surface area contributed by atoms with E-state index in [1.807, 2.05) is 58.3 Å². The van der Waals surface area contributed by atoms with Gasteiger partial charge in [-0.3, -0.25) is 20.4 Å². The molecule has 0 spiro atoms. The topological polar surface area (TPSA) is 109 Å². The fraction of sp³-hybridized carbons (Fsp3) is 0.444. The molecular formula is C27H35N5O4S. The highest BCUT2D eigenvalue weighted by molar-refractivity contribution is 7.09. The van der Waals surface area contributed by atoms with Gasteiger partial charge in [0.2, 0.25) is 0 Å². The van der Waals surface area contributed by atoms with Crippen LogP contribution in [0.3, 0.4) is 0 Å². The zero-order valence-corrected chi connectivity index (χ0v) is 22.6. The van der Waals surface area contributed by atoms with Crippen LogP contribution in [0.1, 0.15) is 53.9 Å². The molecule has 9 nitrogen and oxygen atoms in total. The van der Waals surface area contributed by atoms with Gasteiger partial charge in [-0.1, -0.05) is 25.8 Å². The number of carbonyl (C=O) groups excluding carboxylic acids is 2. The number of aryl methyl sites for hydroxylation is 1. The minimum absolute atomic E-state index is 0.286. The van der Waals surface area contributed by atoms with E-state index in [-0.39, 0.29) is 11.6 Å². The SMILES string of the molecule is CC/C=C(/NC(CC1CC1)C(=O)NNC(=O)c1csc(C)n1)c1cc2cc(OCCN(C)C)ccc2o1. The van der Waals surface area contributed by atoms with Crippen LogP contribution in [0.5, 0.6) is 5.75 Å². The standard InChI is InChI=1S/C27H35N5O4S/c1-5-6-21(25-15-19-14-20(9-10-24(19)36-25)35-12-11-32(3)4)29-22(13-18-7-8-18)26(33)30-31-27(34)23-16-37-17(2)28-23/h6,9-10,14-16,18,22,29H,5,7-8,11-13H2,1-4H3,(H,30,33)(H,31,34)/b21-6+. The maximum Gasteiger partial charge on any atom is 0.289 e. The van der Waals surface area contributed by atoms with Crippen LogP contribution in [-0.2, 0) is 4.79 Å². The molecule has 198 valence electrons. The molecule has 1 fully saturated rings. The number of carbonyl (C=O) groups is 2. The van der Waals surface area contributed by atoms with Gasteiger partial charge in [0, 0.05) is 17.3 Å². The van der Waals surface area contributed by atoms with Crippen molar-refractivity contribution in [3.05, 3.63) is 52.2 Å². The normalized spacial score (nSPS) is 14.6. The van der Waals surface area contributed by atoms with E-state index in [9.17, 15) is 9.59 Å². The number of nitrogens with zero attached hydrogens (tertiary/aromatic N) is 2. The predicted octanol–water partition coefficient (Wildman–Crippen LogP) is 4.11. The number of amides is 2. The highest BCUT2D eigenvalue weighted by Gasteiger charge is 2.30. The lowest BCUT2D eigenvalue weighted by molar-refractivity contribution is -0.123. The van der Waals surface area contributed by atoms with Crippen molar-refractivity contribution in [1.82, 2.24) is 26.1 Å². The number of thiazole rings is 1. The van der Waals surface area contributed by atoms with Gasteiger partial charge in [0.05, 0.1) is 10.7 Å². The summed E-state index contributed by atoms with van der Waals surface area (Å²) in [6.07, 6.45) is 5.64. The molecule has 0 aliphatic heterocycles. The second kappa shape index (κ2) is 12.2. The number of hydrogen-bond acceptors (Lipinski definition) is 8. The van der Waals surface area contributed by atoms with E-state index in [0.29, 0.717) is 24.7 Å². The first-order valence-electron chi connectivity index (χ1n) is 12.6. The maximum atomic E-state index is 13.1. The van der Waals surface area contributed by atoms with Crippen molar-refractivity contribution < 1.29 is 18.7 Å². The van der Waals surface area contributed by atoms with Crippen LogP contribution in [0.4, 0.5) is 0 Å². The van der Waals surface area contributed by atoms with E-state index in [4.69, 9.17) is 9.15 Å². The van der Waals surface area contributed by atoms with Crippen molar-refractivity contribution in [2.24, 2.45) is 5.92 Å². The van der Waals surface area contributed by atoms with Crippen molar-refractivity contribution in [1.29, 1.82) is 0 Å². The molecular weight excluding hydrogens is 490 g/mol. The second-order valence-electron chi connectivity index (χ2n) is 9.56. The summed E-state index contributed by atoms with van der Waals surface area (Å²) in [6.45, 7) is 5.29. The van der Waals surface area contributed by atoms with Gasteiger partial charge in [-0.05, 0) is 64.0 Å². The summed E-state index contributed by atoms with van der Waals surface area (Å²) in [5, 5.41) is 6.77. The molecule has 3 N–H and O–H groups in total. The Bertz CT molecular complexity index is 1260. The molecule has 37 heavy (non-hydrogen) atoms. The lowest BCUT2D eigenvalue weighted by Crippen LogP contribution is -2.50. The molecule has 0 bridgehead atoms. The summed E-state index contributed by atoms with van der Waals surface area (Å²) in [5.41, 5.74) is 6.83. The lowest BCUT2D eigenvalue weighted by Gasteiger charge is -2.20. The molecule has 1 aromatic carbocycles. The summed E-state index contributed by atoms with van der Waals surface area (Å²) in [5.74, 6) is 1.18. The zero-order chi connectivity index (χ0) is 26.4. The molecule has 0 radical (unpaired) electrons. The van der Waals surface area contributed by atoms with Crippen molar-refractivity contribution in [2.75, 3.05) is 27.2 Å². The number of benzene rings is 1. The Morgan fingerprint density at radius 3 is 2.76 bits per heavy atom. The number of furan rings is 1. The number of rotatable bonds is 12. The van der Waals surface area contributed by atoms with E-state index < -0.39 is 11.9 Å². The van der Waals surface area contributed by atoms with E-state index in [1.54, 1.807) is 5.38 Å². The van der Waals surface area contributed by atoms with Crippen molar-refractivity contribution >= 4 is 39.8 Å². The average molecular weight is 526 g/mol. The molecule has 2 aromatic heterocycles. The van der Waals surface area contributed by atoms with Gasteiger partial charge in [-0.25, -0.2) is 4.98 Å². The highest BCUT2D eigenvalue weighted by atomic mass is 32.1. The summed E-state index contributed by atoms with van der Waals surface area (Å²) in [4.78, 5) is 31.7. The third-order valence-electron chi connectivity index (χ3n) is 6.03. The van der Waals surface area contributed by atoms with Crippen molar-refractivity contribution in [2.45, 2.75) is 45.6 Å². The number of allylic oxidation sites excluding steroid dienone is 1. The zero-order valence-electron chi connectivity index (χ0n) is 21.8. The van der Waals surface area contributed by atoms with E-state index in [2.05, 4.69) is 26.1 Å². The summed E-state index contributed by atoms with van der Waals surface area (Å²) in [6, 6.07) is 7.20. The second-order valence-corrected chi connectivity index (χ2v) is 10.6. The molecule has 1 aliphatic carbocycles. The minimum Gasteiger partial charge on any atom is -0.492 e. The van der Waals surface area contributed by atoms with Gasteiger partial charge in [-0.15, -0.1) is 11.3 Å². The Morgan fingerprint density at radius 2 is 2.08 bits per heavy atom. The van der Waals surface area contributed by atoms with Gasteiger partial charge in [0.1, 0.15) is 29.7 Å². The first-order valence-corrected chi connectivity index (χ1v) is 13.5. The smallest absolute Gasteiger partial charge is 0.289 e. The van der Waals surface area contributed by atoms with E-state index in [0.717, 1.165) is 53.2 Å². The van der Waals surface area contributed by atoms with Crippen LogP contribution in [0.2, 0.25) is 0 Å². The van der Waals surface area contributed by atoms with Gasteiger partial charge in [0.15, 0.2) is 5.76 Å². The fourth-order valence-electron chi connectivity index (χ4n) is 3.87. The molecule has 1 unspecified atom stereocenters. The van der Waals surface area contributed by atoms with Crippen molar-refractivity contribution in [3.8, 4) is 5.75 Å². The molecule has 4 rings (SSSR count). The Balaban J connectivity index is 1.45. The quantitative estimate of drug-likeness (QED) is 0.305. The Hall–Kier alpha value is -3.37. The molecule has 0 saturated heterocycles. The highest BCUT2D eigenvalue weighted by Crippen LogP contribution is 2.34. The largest absolute Gasteiger partial charge is 0.492 e. The summed E-state index contributed by atoms with van der Waals surface area (Å²) >= 11 is 1.38. The van der Waals surface area contributed by atoms with Gasteiger partial charge in [0.25, 0.3) is 11.8 Å². The van der Waals surface area contributed by atoms with Crippen molar-refractivity contribution in [3.63, 3.8) is 0 Å².